The zero-order valence-corrected chi connectivity index (χ0v) is 15.6. The Hall–Kier alpha value is -2.33. The number of aryl methyl sites for hydroxylation is 1. The number of carbonyl (C=O) groups is 2. The molecule has 26 heavy (non-hydrogen) atoms. The van der Waals surface area contributed by atoms with Gasteiger partial charge < -0.3 is 10.2 Å². The van der Waals surface area contributed by atoms with Crippen LogP contribution in [0.15, 0.2) is 48.5 Å². The number of rotatable bonds is 4. The number of nitrogens with zero attached hydrogens (tertiary/aromatic N) is 1. The maximum absolute atomic E-state index is 12.5. The van der Waals surface area contributed by atoms with E-state index in [0.29, 0.717) is 43.1 Å². The van der Waals surface area contributed by atoms with Crippen molar-refractivity contribution in [2.24, 2.45) is 5.92 Å². The molecule has 0 radical (unpaired) electrons. The number of amides is 2. The van der Waals surface area contributed by atoms with E-state index >= 15 is 0 Å². The lowest BCUT2D eigenvalue weighted by molar-refractivity contribution is -0.126. The van der Waals surface area contributed by atoms with Crippen molar-refractivity contribution in [2.45, 2.75) is 26.3 Å². The Bertz CT molecular complexity index is 764. The van der Waals surface area contributed by atoms with Gasteiger partial charge in [0.1, 0.15) is 0 Å². The molecule has 0 unspecified atom stereocenters. The molecule has 0 spiro atoms. The quantitative estimate of drug-likeness (QED) is 0.889. The molecular formula is C21H23ClN2O2. The van der Waals surface area contributed by atoms with Gasteiger partial charge in [-0.3, -0.25) is 9.59 Å². The molecule has 0 aromatic heterocycles. The maximum atomic E-state index is 12.5. The van der Waals surface area contributed by atoms with E-state index in [1.807, 2.05) is 36.1 Å². The summed E-state index contributed by atoms with van der Waals surface area (Å²) in [7, 11) is 0. The van der Waals surface area contributed by atoms with Crippen molar-refractivity contribution in [2.75, 3.05) is 13.1 Å². The second-order valence-corrected chi connectivity index (χ2v) is 7.21. The molecule has 0 bridgehead atoms. The summed E-state index contributed by atoms with van der Waals surface area (Å²) in [5.74, 6) is 0.0408. The van der Waals surface area contributed by atoms with Crippen LogP contribution in [0.4, 0.5) is 0 Å². The first kappa shape index (κ1) is 18.5. The van der Waals surface area contributed by atoms with Crippen molar-refractivity contribution in [1.82, 2.24) is 10.2 Å². The van der Waals surface area contributed by atoms with Gasteiger partial charge in [-0.2, -0.15) is 0 Å². The average molecular weight is 371 g/mol. The van der Waals surface area contributed by atoms with E-state index < -0.39 is 0 Å². The van der Waals surface area contributed by atoms with Crippen LogP contribution in [0.2, 0.25) is 5.02 Å². The highest BCUT2D eigenvalue weighted by Crippen LogP contribution is 2.20. The molecule has 1 aliphatic heterocycles. The minimum Gasteiger partial charge on any atom is -0.352 e. The van der Waals surface area contributed by atoms with Crippen molar-refractivity contribution in [3.05, 3.63) is 70.2 Å². The number of likely N-dealkylation sites (tertiary alicyclic amines) is 1. The lowest BCUT2D eigenvalue weighted by Gasteiger charge is -2.31. The Balaban J connectivity index is 1.48. The highest BCUT2D eigenvalue weighted by Gasteiger charge is 2.27. The van der Waals surface area contributed by atoms with Gasteiger partial charge >= 0.3 is 0 Å². The Morgan fingerprint density at radius 2 is 1.65 bits per heavy atom. The summed E-state index contributed by atoms with van der Waals surface area (Å²) in [6.45, 7) is 3.79. The summed E-state index contributed by atoms with van der Waals surface area (Å²) in [6, 6.07) is 15.1. The molecule has 1 heterocycles. The van der Waals surface area contributed by atoms with E-state index in [-0.39, 0.29) is 17.7 Å². The van der Waals surface area contributed by atoms with E-state index in [4.69, 9.17) is 11.6 Å². The van der Waals surface area contributed by atoms with Crippen LogP contribution in [0, 0.1) is 12.8 Å². The van der Waals surface area contributed by atoms with E-state index in [0.717, 1.165) is 5.56 Å². The number of carbonyl (C=O) groups excluding carboxylic acids is 2. The van der Waals surface area contributed by atoms with Crippen LogP contribution in [0.5, 0.6) is 0 Å². The Morgan fingerprint density at radius 1 is 1.04 bits per heavy atom. The van der Waals surface area contributed by atoms with E-state index in [1.54, 1.807) is 24.3 Å². The molecule has 0 aliphatic carbocycles. The van der Waals surface area contributed by atoms with Gasteiger partial charge in [0, 0.05) is 36.1 Å². The van der Waals surface area contributed by atoms with Gasteiger partial charge in [-0.05, 0) is 49.6 Å². The molecule has 1 N–H and O–H groups in total. The molecular weight excluding hydrogens is 348 g/mol. The summed E-state index contributed by atoms with van der Waals surface area (Å²) in [4.78, 5) is 26.7. The Labute approximate surface area is 159 Å². The predicted octanol–water partition coefficient (Wildman–Crippen LogP) is 3.82. The third-order valence-electron chi connectivity index (χ3n) is 4.83. The Kier molecular flexibility index (Phi) is 5.94. The first-order valence-electron chi connectivity index (χ1n) is 8.91. The molecule has 2 amide bonds. The van der Waals surface area contributed by atoms with Crippen molar-refractivity contribution in [3.63, 3.8) is 0 Å². The zero-order chi connectivity index (χ0) is 18.5. The third kappa shape index (κ3) is 4.64. The van der Waals surface area contributed by atoms with Gasteiger partial charge in [-0.25, -0.2) is 0 Å². The lowest BCUT2D eigenvalue weighted by atomic mass is 9.95. The van der Waals surface area contributed by atoms with Crippen LogP contribution in [0.25, 0.3) is 0 Å². The molecule has 1 fully saturated rings. The molecule has 1 aliphatic rings. The topological polar surface area (TPSA) is 49.4 Å². The fraction of sp³-hybridized carbons (Fsp3) is 0.333. The van der Waals surface area contributed by atoms with Gasteiger partial charge in [0.25, 0.3) is 5.91 Å². The molecule has 1 saturated heterocycles. The van der Waals surface area contributed by atoms with E-state index in [9.17, 15) is 9.59 Å². The Morgan fingerprint density at radius 3 is 2.27 bits per heavy atom. The van der Waals surface area contributed by atoms with Gasteiger partial charge in [-0.1, -0.05) is 41.4 Å². The van der Waals surface area contributed by atoms with Gasteiger partial charge in [-0.15, -0.1) is 0 Å². The summed E-state index contributed by atoms with van der Waals surface area (Å²) < 4.78 is 0. The SMILES string of the molecule is Cc1ccc(CNC(=O)C2CCN(C(=O)c3ccc(Cl)cc3)CC2)cc1. The number of piperidine rings is 1. The maximum Gasteiger partial charge on any atom is 0.253 e. The van der Waals surface area contributed by atoms with Crippen molar-refractivity contribution in [1.29, 1.82) is 0 Å². The molecule has 136 valence electrons. The van der Waals surface area contributed by atoms with E-state index in [2.05, 4.69) is 5.32 Å². The number of nitrogens with one attached hydrogen (secondary N) is 1. The summed E-state index contributed by atoms with van der Waals surface area (Å²) in [6.07, 6.45) is 1.39. The van der Waals surface area contributed by atoms with Gasteiger partial charge in [0.2, 0.25) is 5.91 Å². The van der Waals surface area contributed by atoms with Crippen molar-refractivity contribution in [3.8, 4) is 0 Å². The van der Waals surface area contributed by atoms with E-state index in [1.165, 1.54) is 5.56 Å². The molecule has 0 atom stereocenters. The largest absolute Gasteiger partial charge is 0.352 e. The van der Waals surface area contributed by atoms with Gasteiger partial charge in [0.15, 0.2) is 0 Å². The molecule has 0 saturated carbocycles. The average Bonchev–Trinajstić information content (AvgIpc) is 2.67. The minimum atomic E-state index is -0.0327. The monoisotopic (exact) mass is 370 g/mol. The molecule has 2 aromatic carbocycles. The van der Waals surface area contributed by atoms with Crippen LogP contribution in [0.3, 0.4) is 0 Å². The lowest BCUT2D eigenvalue weighted by Crippen LogP contribution is -2.42. The van der Waals surface area contributed by atoms with Crippen molar-refractivity contribution >= 4 is 23.4 Å². The van der Waals surface area contributed by atoms with Crippen LogP contribution < -0.4 is 5.32 Å². The summed E-state index contributed by atoms with van der Waals surface area (Å²) in [5.41, 5.74) is 2.94. The number of benzene rings is 2. The standard InChI is InChI=1S/C21H23ClN2O2/c1-15-2-4-16(5-3-15)14-23-20(25)17-10-12-24(13-11-17)21(26)18-6-8-19(22)9-7-18/h2-9,17H,10-14H2,1H3,(H,23,25). The highest BCUT2D eigenvalue weighted by molar-refractivity contribution is 6.30. The second kappa shape index (κ2) is 8.37. The smallest absolute Gasteiger partial charge is 0.253 e. The van der Waals surface area contributed by atoms with Crippen LogP contribution >= 0.6 is 11.6 Å². The summed E-state index contributed by atoms with van der Waals surface area (Å²) in [5, 5.41) is 3.63. The first-order valence-corrected chi connectivity index (χ1v) is 9.29. The molecule has 3 rings (SSSR count). The number of halogens is 1. The van der Waals surface area contributed by atoms with Crippen LogP contribution in [-0.2, 0) is 11.3 Å². The minimum absolute atomic E-state index is 0.000167. The third-order valence-corrected chi connectivity index (χ3v) is 5.08. The summed E-state index contributed by atoms with van der Waals surface area (Å²) >= 11 is 5.87. The van der Waals surface area contributed by atoms with Gasteiger partial charge in [0.05, 0.1) is 0 Å². The normalized spacial score (nSPS) is 14.9. The van der Waals surface area contributed by atoms with Crippen molar-refractivity contribution < 1.29 is 9.59 Å². The predicted molar refractivity (Wildman–Crippen MR) is 103 cm³/mol. The molecule has 4 nitrogen and oxygen atoms in total. The fourth-order valence-electron chi connectivity index (χ4n) is 3.16. The zero-order valence-electron chi connectivity index (χ0n) is 14.9. The number of hydrogen-bond acceptors (Lipinski definition) is 2. The van der Waals surface area contributed by atoms with Crippen LogP contribution in [0.1, 0.15) is 34.3 Å². The number of hydrogen-bond donors (Lipinski definition) is 1. The highest BCUT2D eigenvalue weighted by atomic mass is 35.5. The van der Waals surface area contributed by atoms with Crippen LogP contribution in [-0.4, -0.2) is 29.8 Å². The molecule has 2 aromatic rings. The molecule has 5 heteroatoms. The second-order valence-electron chi connectivity index (χ2n) is 6.78. The first-order chi connectivity index (χ1) is 12.5. The fourth-order valence-corrected chi connectivity index (χ4v) is 3.29.